The normalized spacial score (nSPS) is 10.4. The molecule has 1 rings (SSSR count). The lowest BCUT2D eigenvalue weighted by Gasteiger charge is -2.06. The largest absolute Gasteiger partial charge is 0.399 e. The highest BCUT2D eigenvalue weighted by Crippen LogP contribution is 2.13. The Kier molecular flexibility index (Phi) is 4.28. The first-order valence-electron chi connectivity index (χ1n) is 5.17. The molecule has 90 valence electrons. The summed E-state index contributed by atoms with van der Waals surface area (Å²) < 4.78 is 0. The van der Waals surface area contributed by atoms with Gasteiger partial charge in [0.25, 0.3) is 5.91 Å². The first kappa shape index (κ1) is 12.8. The van der Waals surface area contributed by atoms with Crippen molar-refractivity contribution in [2.75, 3.05) is 18.0 Å². The van der Waals surface area contributed by atoms with Crippen LogP contribution in [0.15, 0.2) is 30.4 Å². The zero-order chi connectivity index (χ0) is 12.8. The monoisotopic (exact) mass is 232 g/mol. The van der Waals surface area contributed by atoms with Crippen LogP contribution in [-0.4, -0.2) is 18.2 Å². The molecule has 0 aliphatic heterocycles. The molecule has 0 aliphatic carbocycles. The average Bonchev–Trinajstić information content (AvgIpc) is 2.25. The van der Waals surface area contributed by atoms with E-state index in [0.29, 0.717) is 22.6 Å². The van der Waals surface area contributed by atoms with Gasteiger partial charge in [-0.1, -0.05) is 6.08 Å². The number of hydrogen-bond acceptors (Lipinski definition) is 4. The summed E-state index contributed by atoms with van der Waals surface area (Å²) >= 11 is 0. The zero-order valence-electron chi connectivity index (χ0n) is 9.66. The van der Waals surface area contributed by atoms with Crippen LogP contribution in [-0.2, 0) is 0 Å². The van der Waals surface area contributed by atoms with Crippen molar-refractivity contribution in [1.29, 1.82) is 5.41 Å². The molecule has 1 aromatic carbocycles. The summed E-state index contributed by atoms with van der Waals surface area (Å²) in [7, 11) is 0. The third-order valence-electron chi connectivity index (χ3n) is 2.05. The van der Waals surface area contributed by atoms with Crippen LogP contribution in [0.25, 0.3) is 0 Å². The molecule has 6 N–H and O–H groups in total. The maximum Gasteiger partial charge on any atom is 0.251 e. The SMILES string of the molecule is C/C=C\C(=N)CNC(=O)c1cc(N)cc(N)c1. The van der Waals surface area contributed by atoms with Gasteiger partial charge in [0.05, 0.1) is 12.3 Å². The van der Waals surface area contributed by atoms with Crippen LogP contribution >= 0.6 is 0 Å². The molecule has 17 heavy (non-hydrogen) atoms. The standard InChI is InChI=1S/C12H16N4O/c1-2-3-9(13)7-16-12(17)8-4-10(14)6-11(15)5-8/h2-6,13H,7,14-15H2,1H3,(H,16,17)/b3-2-,13-9?. The molecule has 0 saturated carbocycles. The molecule has 0 spiro atoms. The number of amides is 1. The first-order valence-corrected chi connectivity index (χ1v) is 5.17. The van der Waals surface area contributed by atoms with Gasteiger partial charge >= 0.3 is 0 Å². The minimum atomic E-state index is -0.293. The summed E-state index contributed by atoms with van der Waals surface area (Å²) in [5.41, 5.74) is 12.8. The summed E-state index contributed by atoms with van der Waals surface area (Å²) in [5, 5.41) is 10.1. The number of nitrogens with two attached hydrogens (primary N) is 2. The quantitative estimate of drug-likeness (QED) is 0.462. The second-order valence-electron chi connectivity index (χ2n) is 3.60. The molecule has 0 unspecified atom stereocenters. The van der Waals surface area contributed by atoms with E-state index >= 15 is 0 Å². The summed E-state index contributed by atoms with van der Waals surface area (Å²) in [6, 6.07) is 4.68. The Labute approximate surface area is 100 Å². The van der Waals surface area contributed by atoms with E-state index in [2.05, 4.69) is 5.32 Å². The lowest BCUT2D eigenvalue weighted by Crippen LogP contribution is -2.28. The van der Waals surface area contributed by atoms with E-state index in [9.17, 15) is 4.79 Å². The molecule has 0 radical (unpaired) electrons. The number of hydrogen-bond donors (Lipinski definition) is 4. The molecule has 1 aromatic rings. The van der Waals surface area contributed by atoms with Crippen LogP contribution in [0.5, 0.6) is 0 Å². The Hall–Kier alpha value is -2.30. The van der Waals surface area contributed by atoms with Crippen molar-refractivity contribution in [3.05, 3.63) is 35.9 Å². The Bertz CT molecular complexity index is 445. The Morgan fingerprint density at radius 2 is 1.94 bits per heavy atom. The van der Waals surface area contributed by atoms with Gasteiger partial charge in [-0.2, -0.15) is 0 Å². The fourth-order valence-electron chi connectivity index (χ4n) is 1.35. The van der Waals surface area contributed by atoms with Crippen LogP contribution < -0.4 is 16.8 Å². The minimum absolute atomic E-state index is 0.178. The van der Waals surface area contributed by atoms with E-state index in [-0.39, 0.29) is 12.5 Å². The number of rotatable bonds is 4. The Balaban J connectivity index is 2.67. The molecular formula is C12H16N4O. The van der Waals surface area contributed by atoms with Gasteiger partial charge in [0, 0.05) is 16.9 Å². The maximum atomic E-state index is 11.7. The lowest BCUT2D eigenvalue weighted by molar-refractivity contribution is 0.0959. The molecule has 5 heteroatoms. The van der Waals surface area contributed by atoms with Gasteiger partial charge in [-0.3, -0.25) is 4.79 Å². The predicted octanol–water partition coefficient (Wildman–Crippen LogP) is 1.18. The fraction of sp³-hybridized carbons (Fsp3) is 0.167. The van der Waals surface area contributed by atoms with Crippen LogP contribution in [0, 0.1) is 5.41 Å². The van der Waals surface area contributed by atoms with Crippen molar-refractivity contribution in [2.24, 2.45) is 0 Å². The molecule has 5 nitrogen and oxygen atoms in total. The molecule has 0 atom stereocenters. The van der Waals surface area contributed by atoms with Gasteiger partial charge < -0.3 is 22.2 Å². The molecule has 0 bridgehead atoms. The first-order chi connectivity index (χ1) is 8.02. The number of carbonyl (C=O) groups is 1. The minimum Gasteiger partial charge on any atom is -0.399 e. The van der Waals surface area contributed by atoms with Crippen molar-refractivity contribution < 1.29 is 4.79 Å². The average molecular weight is 232 g/mol. The smallest absolute Gasteiger partial charge is 0.251 e. The highest BCUT2D eigenvalue weighted by molar-refractivity contribution is 6.01. The summed E-state index contributed by atoms with van der Waals surface area (Å²) in [4.78, 5) is 11.7. The van der Waals surface area contributed by atoms with Gasteiger partial charge in [0.15, 0.2) is 0 Å². The topological polar surface area (TPSA) is 105 Å². The van der Waals surface area contributed by atoms with Crippen LogP contribution in [0.1, 0.15) is 17.3 Å². The van der Waals surface area contributed by atoms with Gasteiger partial charge in [-0.15, -0.1) is 0 Å². The number of nitrogens with one attached hydrogen (secondary N) is 2. The molecular weight excluding hydrogens is 216 g/mol. The van der Waals surface area contributed by atoms with Crippen molar-refractivity contribution in [3.8, 4) is 0 Å². The lowest BCUT2D eigenvalue weighted by atomic mass is 10.1. The maximum absolute atomic E-state index is 11.7. The molecule has 0 heterocycles. The third-order valence-corrected chi connectivity index (χ3v) is 2.05. The highest BCUT2D eigenvalue weighted by Gasteiger charge is 2.06. The Morgan fingerprint density at radius 3 is 2.47 bits per heavy atom. The van der Waals surface area contributed by atoms with E-state index in [0.717, 1.165) is 0 Å². The molecule has 0 fully saturated rings. The van der Waals surface area contributed by atoms with Crippen molar-refractivity contribution in [2.45, 2.75) is 6.92 Å². The zero-order valence-corrected chi connectivity index (χ0v) is 9.66. The number of allylic oxidation sites excluding steroid dienone is 1. The van der Waals surface area contributed by atoms with Crippen molar-refractivity contribution >= 4 is 23.0 Å². The van der Waals surface area contributed by atoms with Crippen LogP contribution in [0.3, 0.4) is 0 Å². The fourth-order valence-corrected chi connectivity index (χ4v) is 1.35. The summed E-state index contributed by atoms with van der Waals surface area (Å²) in [6.45, 7) is 1.99. The summed E-state index contributed by atoms with van der Waals surface area (Å²) in [6.07, 6.45) is 3.36. The number of anilines is 2. The molecule has 0 saturated heterocycles. The van der Waals surface area contributed by atoms with E-state index < -0.39 is 0 Å². The number of benzene rings is 1. The van der Waals surface area contributed by atoms with E-state index in [4.69, 9.17) is 16.9 Å². The molecule has 1 amide bonds. The predicted molar refractivity (Wildman–Crippen MR) is 70.1 cm³/mol. The van der Waals surface area contributed by atoms with Crippen LogP contribution in [0.4, 0.5) is 11.4 Å². The van der Waals surface area contributed by atoms with Gasteiger partial charge in [-0.25, -0.2) is 0 Å². The number of carbonyl (C=O) groups excluding carboxylic acids is 1. The Morgan fingerprint density at radius 1 is 1.35 bits per heavy atom. The second kappa shape index (κ2) is 5.69. The van der Waals surface area contributed by atoms with Crippen molar-refractivity contribution in [1.82, 2.24) is 5.32 Å². The third kappa shape index (κ3) is 3.98. The van der Waals surface area contributed by atoms with E-state index in [1.54, 1.807) is 30.4 Å². The van der Waals surface area contributed by atoms with Gasteiger partial charge in [0.2, 0.25) is 0 Å². The van der Waals surface area contributed by atoms with Crippen molar-refractivity contribution in [3.63, 3.8) is 0 Å². The summed E-state index contributed by atoms with van der Waals surface area (Å²) in [5.74, 6) is -0.293. The highest BCUT2D eigenvalue weighted by atomic mass is 16.1. The van der Waals surface area contributed by atoms with Crippen LogP contribution in [0.2, 0.25) is 0 Å². The molecule has 0 aliphatic rings. The molecule has 0 aromatic heterocycles. The van der Waals surface area contributed by atoms with E-state index in [1.165, 1.54) is 0 Å². The van der Waals surface area contributed by atoms with Gasteiger partial charge in [-0.05, 0) is 31.2 Å². The number of nitrogen functional groups attached to an aromatic ring is 2. The second-order valence-corrected chi connectivity index (χ2v) is 3.60. The van der Waals surface area contributed by atoms with Gasteiger partial charge in [0.1, 0.15) is 0 Å². The van der Waals surface area contributed by atoms with E-state index in [1.807, 2.05) is 6.92 Å².